The number of phenolic OH excluding ortho intramolecular Hbond substituents is 1. The molecule has 0 bridgehead atoms. The lowest BCUT2D eigenvalue weighted by molar-refractivity contribution is -0.134. The van der Waals surface area contributed by atoms with Gasteiger partial charge in [-0.05, 0) is 47.6 Å². The van der Waals surface area contributed by atoms with Crippen LogP contribution in [0.4, 0.5) is 0 Å². The van der Waals surface area contributed by atoms with Gasteiger partial charge in [0, 0.05) is 18.0 Å². The molecule has 0 saturated heterocycles. The van der Waals surface area contributed by atoms with Crippen LogP contribution in [-0.2, 0) is 11.3 Å². The number of benzene rings is 2. The molecular formula is C22H25NO3. The third-order valence-corrected chi connectivity index (χ3v) is 5.69. The number of rotatable bonds is 2. The molecule has 1 amide bonds. The van der Waals surface area contributed by atoms with E-state index in [1.54, 1.807) is 6.07 Å². The molecule has 2 aromatic carbocycles. The number of fused-ring (bicyclic) bond motifs is 1. The molecule has 0 aromatic heterocycles. The number of phenols is 1. The lowest BCUT2D eigenvalue weighted by Gasteiger charge is -2.21. The van der Waals surface area contributed by atoms with Crippen LogP contribution in [0.1, 0.15) is 31.4 Å². The monoisotopic (exact) mass is 351 g/mol. The van der Waals surface area contributed by atoms with Gasteiger partial charge < -0.3 is 14.7 Å². The average Bonchev–Trinajstić information content (AvgIpc) is 3.29. The molecule has 1 saturated carbocycles. The van der Waals surface area contributed by atoms with Crippen molar-refractivity contribution < 1.29 is 14.6 Å². The Labute approximate surface area is 154 Å². The van der Waals surface area contributed by atoms with E-state index in [9.17, 15) is 9.90 Å². The predicted molar refractivity (Wildman–Crippen MR) is 101 cm³/mol. The van der Waals surface area contributed by atoms with Gasteiger partial charge in [-0.15, -0.1) is 0 Å². The van der Waals surface area contributed by atoms with E-state index in [2.05, 4.69) is 26.8 Å². The van der Waals surface area contributed by atoms with E-state index in [4.69, 9.17) is 4.74 Å². The summed E-state index contributed by atoms with van der Waals surface area (Å²) in [4.78, 5) is 14.7. The van der Waals surface area contributed by atoms with Crippen molar-refractivity contribution in [3.8, 4) is 22.6 Å². The molecule has 1 N–H and O–H groups in total. The zero-order valence-corrected chi connectivity index (χ0v) is 15.6. The normalized spacial score (nSPS) is 20.7. The summed E-state index contributed by atoms with van der Waals surface area (Å²) < 4.78 is 5.79. The summed E-state index contributed by atoms with van der Waals surface area (Å²) in [6.07, 6.45) is 0.949. The number of carbonyl (C=O) groups is 1. The summed E-state index contributed by atoms with van der Waals surface area (Å²) in [6, 6.07) is 11.9. The summed E-state index contributed by atoms with van der Waals surface area (Å²) in [5.41, 5.74) is 4.15. The van der Waals surface area contributed by atoms with Crippen molar-refractivity contribution in [3.63, 3.8) is 0 Å². The lowest BCUT2D eigenvalue weighted by Crippen LogP contribution is -2.34. The van der Waals surface area contributed by atoms with Crippen LogP contribution in [0.5, 0.6) is 11.5 Å². The molecule has 1 heterocycles. The van der Waals surface area contributed by atoms with Crippen molar-refractivity contribution in [3.05, 3.63) is 47.5 Å². The van der Waals surface area contributed by atoms with Crippen LogP contribution in [0.3, 0.4) is 0 Å². The van der Waals surface area contributed by atoms with Crippen LogP contribution in [0.2, 0.25) is 0 Å². The molecule has 2 aliphatic rings. The van der Waals surface area contributed by atoms with E-state index >= 15 is 0 Å². The Morgan fingerprint density at radius 2 is 2.00 bits per heavy atom. The molecule has 1 aliphatic carbocycles. The van der Waals surface area contributed by atoms with Crippen LogP contribution >= 0.6 is 0 Å². The molecule has 0 radical (unpaired) electrons. The lowest BCUT2D eigenvalue weighted by atomic mass is 9.97. The highest BCUT2D eigenvalue weighted by Gasteiger charge is 2.52. The number of nitrogens with zero attached hydrogens (tertiary/aromatic N) is 1. The van der Waals surface area contributed by atoms with Gasteiger partial charge in [0.25, 0.3) is 0 Å². The van der Waals surface area contributed by atoms with Gasteiger partial charge in [0.05, 0.1) is 6.54 Å². The highest BCUT2D eigenvalue weighted by atomic mass is 16.5. The van der Waals surface area contributed by atoms with E-state index in [1.165, 1.54) is 0 Å². The molecule has 4 rings (SSSR count). The second-order valence-corrected chi connectivity index (χ2v) is 8.15. The van der Waals surface area contributed by atoms with E-state index in [0.29, 0.717) is 25.4 Å². The molecular weight excluding hydrogens is 326 g/mol. The molecule has 1 fully saturated rings. The third-order valence-electron chi connectivity index (χ3n) is 5.69. The van der Waals surface area contributed by atoms with Crippen LogP contribution in [0.15, 0.2) is 36.4 Å². The molecule has 4 heteroatoms. The first-order valence-electron chi connectivity index (χ1n) is 9.20. The standard InChI is InChI=1S/C22H25NO3/c1-14-6-4-5-7-17(14)15-10-16-13-23(21(25)18-12-22(18,2)3)8-9-26-20(16)19(24)11-15/h4-7,10-11,18,24H,8-9,12-13H2,1-3H3. The molecule has 0 spiro atoms. The Morgan fingerprint density at radius 1 is 1.27 bits per heavy atom. The largest absolute Gasteiger partial charge is 0.504 e. The highest BCUT2D eigenvalue weighted by molar-refractivity contribution is 5.83. The first kappa shape index (κ1) is 17.0. The minimum absolute atomic E-state index is 0.109. The fraction of sp³-hybridized carbons (Fsp3) is 0.409. The Balaban J connectivity index is 1.68. The Morgan fingerprint density at radius 3 is 2.69 bits per heavy atom. The summed E-state index contributed by atoms with van der Waals surface area (Å²) in [5.74, 6) is 0.957. The van der Waals surface area contributed by atoms with Gasteiger partial charge in [0.1, 0.15) is 6.61 Å². The van der Waals surface area contributed by atoms with Crippen LogP contribution in [-0.4, -0.2) is 29.1 Å². The zero-order chi connectivity index (χ0) is 18.5. The van der Waals surface area contributed by atoms with Gasteiger partial charge in [0.15, 0.2) is 11.5 Å². The van der Waals surface area contributed by atoms with Gasteiger partial charge in [-0.3, -0.25) is 4.79 Å². The Bertz CT molecular complexity index is 872. The number of hydrogen-bond acceptors (Lipinski definition) is 3. The van der Waals surface area contributed by atoms with E-state index in [-0.39, 0.29) is 23.0 Å². The molecule has 1 unspecified atom stereocenters. The maximum Gasteiger partial charge on any atom is 0.226 e. The quantitative estimate of drug-likeness (QED) is 0.885. The van der Waals surface area contributed by atoms with Crippen molar-refractivity contribution in [1.29, 1.82) is 0 Å². The third kappa shape index (κ3) is 2.94. The van der Waals surface area contributed by atoms with Crippen molar-refractivity contribution >= 4 is 5.91 Å². The first-order valence-corrected chi connectivity index (χ1v) is 9.20. The molecule has 1 aliphatic heterocycles. The summed E-state index contributed by atoms with van der Waals surface area (Å²) >= 11 is 0. The zero-order valence-electron chi connectivity index (χ0n) is 15.6. The highest BCUT2D eigenvalue weighted by Crippen LogP contribution is 2.52. The van der Waals surface area contributed by atoms with Gasteiger partial charge in [-0.1, -0.05) is 38.1 Å². The summed E-state index contributed by atoms with van der Waals surface area (Å²) in [6.45, 7) is 7.77. The van der Waals surface area contributed by atoms with E-state index in [1.807, 2.05) is 29.2 Å². The first-order chi connectivity index (χ1) is 12.4. The summed E-state index contributed by atoms with van der Waals surface area (Å²) in [7, 11) is 0. The van der Waals surface area contributed by atoms with Gasteiger partial charge in [-0.25, -0.2) is 0 Å². The SMILES string of the molecule is Cc1ccccc1-c1cc(O)c2c(c1)CN(C(=O)C1CC1(C)C)CCO2. The molecule has 136 valence electrons. The van der Waals surface area contributed by atoms with Crippen LogP contribution in [0.25, 0.3) is 11.1 Å². The topological polar surface area (TPSA) is 49.8 Å². The maximum absolute atomic E-state index is 12.8. The van der Waals surface area contributed by atoms with Crippen LogP contribution in [0, 0.1) is 18.3 Å². The van der Waals surface area contributed by atoms with Gasteiger partial charge in [-0.2, -0.15) is 0 Å². The second kappa shape index (κ2) is 6.04. The fourth-order valence-corrected chi connectivity index (χ4v) is 3.85. The Hall–Kier alpha value is -2.49. The summed E-state index contributed by atoms with van der Waals surface area (Å²) in [5, 5.41) is 10.5. The number of aromatic hydroxyl groups is 1. The van der Waals surface area contributed by atoms with E-state index in [0.717, 1.165) is 28.7 Å². The fourth-order valence-electron chi connectivity index (χ4n) is 3.85. The number of hydrogen-bond donors (Lipinski definition) is 1. The number of ether oxygens (including phenoxy) is 1. The minimum atomic E-state index is 0.109. The van der Waals surface area contributed by atoms with Gasteiger partial charge in [0.2, 0.25) is 5.91 Å². The smallest absolute Gasteiger partial charge is 0.226 e. The van der Waals surface area contributed by atoms with E-state index < -0.39 is 0 Å². The molecule has 26 heavy (non-hydrogen) atoms. The Kier molecular flexibility index (Phi) is 3.94. The minimum Gasteiger partial charge on any atom is -0.504 e. The van der Waals surface area contributed by atoms with Crippen molar-refractivity contribution in [2.45, 2.75) is 33.7 Å². The average molecular weight is 351 g/mol. The second-order valence-electron chi connectivity index (χ2n) is 8.15. The van der Waals surface area contributed by atoms with Crippen molar-refractivity contribution in [2.75, 3.05) is 13.2 Å². The predicted octanol–water partition coefficient (Wildman–Crippen LogP) is 4.13. The molecule has 2 aromatic rings. The molecule has 1 atom stereocenters. The number of aryl methyl sites for hydroxylation is 1. The number of amides is 1. The van der Waals surface area contributed by atoms with Crippen LogP contribution < -0.4 is 4.74 Å². The number of carbonyl (C=O) groups excluding carboxylic acids is 1. The van der Waals surface area contributed by atoms with Crippen molar-refractivity contribution in [1.82, 2.24) is 4.90 Å². The maximum atomic E-state index is 12.8. The molecule has 4 nitrogen and oxygen atoms in total. The van der Waals surface area contributed by atoms with Gasteiger partial charge >= 0.3 is 0 Å². The van der Waals surface area contributed by atoms with Crippen molar-refractivity contribution in [2.24, 2.45) is 11.3 Å².